The standard InChI is InChI=1S/C17H35N3O/c1-3-5-15(8-11-18)6-7-17(21)19-14-16-9-12-20(4-2)13-10-16/h15-16H,3-14,18H2,1-2H3,(H,19,21). The quantitative estimate of drug-likeness (QED) is 0.651. The second-order valence-electron chi connectivity index (χ2n) is 6.45. The number of piperidine rings is 1. The van der Waals surface area contributed by atoms with Gasteiger partial charge in [-0.05, 0) is 63.7 Å². The summed E-state index contributed by atoms with van der Waals surface area (Å²) >= 11 is 0. The van der Waals surface area contributed by atoms with Crippen LogP contribution < -0.4 is 11.1 Å². The molecular weight excluding hydrogens is 262 g/mol. The van der Waals surface area contributed by atoms with E-state index in [1.54, 1.807) is 0 Å². The van der Waals surface area contributed by atoms with Gasteiger partial charge in [0.2, 0.25) is 5.91 Å². The molecular formula is C17H35N3O. The van der Waals surface area contributed by atoms with Crippen molar-refractivity contribution in [1.29, 1.82) is 0 Å². The fourth-order valence-electron chi connectivity index (χ4n) is 3.27. The van der Waals surface area contributed by atoms with Crippen LogP contribution in [0.15, 0.2) is 0 Å². The molecule has 1 saturated heterocycles. The van der Waals surface area contributed by atoms with Crippen LogP contribution in [0, 0.1) is 11.8 Å². The van der Waals surface area contributed by atoms with Crippen LogP contribution >= 0.6 is 0 Å². The van der Waals surface area contributed by atoms with Crippen molar-refractivity contribution in [1.82, 2.24) is 10.2 Å². The van der Waals surface area contributed by atoms with E-state index in [0.717, 1.165) is 32.5 Å². The van der Waals surface area contributed by atoms with Gasteiger partial charge in [0.25, 0.3) is 0 Å². The molecule has 1 aliphatic heterocycles. The third-order valence-electron chi connectivity index (χ3n) is 4.79. The second kappa shape index (κ2) is 11.0. The van der Waals surface area contributed by atoms with Gasteiger partial charge >= 0.3 is 0 Å². The van der Waals surface area contributed by atoms with E-state index in [1.165, 1.54) is 38.8 Å². The molecule has 0 bridgehead atoms. The molecule has 4 nitrogen and oxygen atoms in total. The Bertz CT molecular complexity index is 269. The maximum atomic E-state index is 12.0. The molecule has 0 aromatic heterocycles. The number of amides is 1. The van der Waals surface area contributed by atoms with Gasteiger partial charge in [-0.3, -0.25) is 4.79 Å². The molecule has 0 aromatic rings. The minimum absolute atomic E-state index is 0.228. The normalized spacial score (nSPS) is 18.6. The number of rotatable bonds is 10. The van der Waals surface area contributed by atoms with Crippen LogP contribution in [0.4, 0.5) is 0 Å². The van der Waals surface area contributed by atoms with Crippen LogP contribution in [-0.2, 0) is 4.79 Å². The lowest BCUT2D eigenvalue weighted by Gasteiger charge is -2.31. The molecule has 1 heterocycles. The number of likely N-dealkylation sites (tertiary alicyclic amines) is 1. The third-order valence-corrected chi connectivity index (χ3v) is 4.79. The summed E-state index contributed by atoms with van der Waals surface area (Å²) in [6.07, 6.45) is 7.53. The summed E-state index contributed by atoms with van der Waals surface area (Å²) in [5.41, 5.74) is 5.64. The van der Waals surface area contributed by atoms with E-state index in [-0.39, 0.29) is 5.91 Å². The van der Waals surface area contributed by atoms with E-state index in [2.05, 4.69) is 24.1 Å². The van der Waals surface area contributed by atoms with Crippen molar-refractivity contribution < 1.29 is 4.79 Å². The van der Waals surface area contributed by atoms with Gasteiger partial charge in [0, 0.05) is 13.0 Å². The van der Waals surface area contributed by atoms with Gasteiger partial charge in [0.15, 0.2) is 0 Å². The Morgan fingerprint density at radius 1 is 1.24 bits per heavy atom. The molecule has 21 heavy (non-hydrogen) atoms. The maximum absolute atomic E-state index is 12.0. The number of carbonyl (C=O) groups excluding carboxylic acids is 1. The number of hydrogen-bond acceptors (Lipinski definition) is 3. The van der Waals surface area contributed by atoms with E-state index in [0.29, 0.717) is 18.3 Å². The lowest BCUT2D eigenvalue weighted by Crippen LogP contribution is -2.38. The SMILES string of the molecule is CCCC(CCN)CCC(=O)NCC1CCN(CC)CC1. The highest BCUT2D eigenvalue weighted by molar-refractivity contribution is 5.75. The number of nitrogens with zero attached hydrogens (tertiary/aromatic N) is 1. The average Bonchev–Trinajstić information content (AvgIpc) is 2.51. The van der Waals surface area contributed by atoms with E-state index >= 15 is 0 Å². The zero-order chi connectivity index (χ0) is 15.5. The van der Waals surface area contributed by atoms with Crippen molar-refractivity contribution in [3.05, 3.63) is 0 Å². The summed E-state index contributed by atoms with van der Waals surface area (Å²) in [5, 5.41) is 3.14. The molecule has 0 aromatic carbocycles. The van der Waals surface area contributed by atoms with Crippen LogP contribution in [0.5, 0.6) is 0 Å². The van der Waals surface area contributed by atoms with Crippen molar-refractivity contribution in [2.45, 2.75) is 58.8 Å². The molecule has 0 spiro atoms. The molecule has 1 aliphatic rings. The highest BCUT2D eigenvalue weighted by atomic mass is 16.1. The van der Waals surface area contributed by atoms with E-state index in [4.69, 9.17) is 5.73 Å². The number of hydrogen-bond donors (Lipinski definition) is 2. The van der Waals surface area contributed by atoms with E-state index in [9.17, 15) is 4.79 Å². The summed E-state index contributed by atoms with van der Waals surface area (Å²) in [4.78, 5) is 14.5. The highest BCUT2D eigenvalue weighted by Crippen LogP contribution is 2.18. The molecule has 124 valence electrons. The predicted molar refractivity (Wildman–Crippen MR) is 89.2 cm³/mol. The molecule has 0 aliphatic carbocycles. The Morgan fingerprint density at radius 2 is 1.95 bits per heavy atom. The lowest BCUT2D eigenvalue weighted by atomic mass is 9.94. The molecule has 1 atom stereocenters. The van der Waals surface area contributed by atoms with Crippen LogP contribution in [0.3, 0.4) is 0 Å². The Hall–Kier alpha value is -0.610. The summed E-state index contributed by atoms with van der Waals surface area (Å²) < 4.78 is 0. The van der Waals surface area contributed by atoms with Crippen LogP contribution in [0.1, 0.15) is 58.8 Å². The minimum Gasteiger partial charge on any atom is -0.356 e. The van der Waals surface area contributed by atoms with Crippen molar-refractivity contribution in [3.63, 3.8) is 0 Å². The first-order valence-electron chi connectivity index (χ1n) is 8.88. The third kappa shape index (κ3) is 7.82. The van der Waals surface area contributed by atoms with Gasteiger partial charge in [-0.15, -0.1) is 0 Å². The molecule has 3 N–H and O–H groups in total. The highest BCUT2D eigenvalue weighted by Gasteiger charge is 2.18. The maximum Gasteiger partial charge on any atom is 0.220 e. The molecule has 1 unspecified atom stereocenters. The monoisotopic (exact) mass is 297 g/mol. The number of nitrogens with two attached hydrogens (primary N) is 1. The Labute approximate surface area is 130 Å². The Balaban J connectivity index is 2.13. The number of carbonyl (C=O) groups is 1. The fourth-order valence-corrected chi connectivity index (χ4v) is 3.27. The molecule has 4 heteroatoms. The summed E-state index contributed by atoms with van der Waals surface area (Å²) in [7, 11) is 0. The van der Waals surface area contributed by atoms with Crippen molar-refractivity contribution in [3.8, 4) is 0 Å². The lowest BCUT2D eigenvalue weighted by molar-refractivity contribution is -0.121. The summed E-state index contributed by atoms with van der Waals surface area (Å²) in [6.45, 7) is 9.55. The van der Waals surface area contributed by atoms with Crippen LogP contribution in [-0.4, -0.2) is 43.5 Å². The second-order valence-corrected chi connectivity index (χ2v) is 6.45. The first-order chi connectivity index (χ1) is 10.2. The van der Waals surface area contributed by atoms with Gasteiger partial charge in [-0.1, -0.05) is 26.7 Å². The molecule has 1 rings (SSSR count). The van der Waals surface area contributed by atoms with Crippen molar-refractivity contribution in [2.24, 2.45) is 17.6 Å². The minimum atomic E-state index is 0.228. The molecule has 0 radical (unpaired) electrons. The molecule has 1 fully saturated rings. The Kier molecular flexibility index (Phi) is 9.68. The topological polar surface area (TPSA) is 58.4 Å². The predicted octanol–water partition coefficient (Wildman–Crippen LogP) is 2.38. The van der Waals surface area contributed by atoms with E-state index < -0.39 is 0 Å². The first-order valence-corrected chi connectivity index (χ1v) is 8.88. The zero-order valence-corrected chi connectivity index (χ0v) is 14.1. The van der Waals surface area contributed by atoms with Gasteiger partial charge in [-0.2, -0.15) is 0 Å². The van der Waals surface area contributed by atoms with Gasteiger partial charge in [-0.25, -0.2) is 0 Å². The van der Waals surface area contributed by atoms with Crippen molar-refractivity contribution >= 4 is 5.91 Å². The summed E-state index contributed by atoms with van der Waals surface area (Å²) in [6, 6.07) is 0. The van der Waals surface area contributed by atoms with E-state index in [1.807, 2.05) is 0 Å². The van der Waals surface area contributed by atoms with Gasteiger partial charge in [0.05, 0.1) is 0 Å². The molecule has 0 saturated carbocycles. The average molecular weight is 297 g/mol. The smallest absolute Gasteiger partial charge is 0.220 e. The van der Waals surface area contributed by atoms with Crippen LogP contribution in [0.25, 0.3) is 0 Å². The number of nitrogens with one attached hydrogen (secondary N) is 1. The van der Waals surface area contributed by atoms with Gasteiger partial charge < -0.3 is 16.0 Å². The largest absolute Gasteiger partial charge is 0.356 e. The summed E-state index contributed by atoms with van der Waals surface area (Å²) in [5.74, 6) is 1.52. The van der Waals surface area contributed by atoms with Crippen LogP contribution in [0.2, 0.25) is 0 Å². The first kappa shape index (κ1) is 18.4. The Morgan fingerprint density at radius 3 is 2.52 bits per heavy atom. The fraction of sp³-hybridized carbons (Fsp3) is 0.941. The zero-order valence-electron chi connectivity index (χ0n) is 14.1. The van der Waals surface area contributed by atoms with Gasteiger partial charge in [0.1, 0.15) is 0 Å². The van der Waals surface area contributed by atoms with Crippen molar-refractivity contribution in [2.75, 3.05) is 32.7 Å². The molecule has 1 amide bonds.